The number of carbonyl (C=O) groups is 1. The van der Waals surface area contributed by atoms with Gasteiger partial charge >= 0.3 is 6.18 Å². The Kier molecular flexibility index (Phi) is 8.69. The molecule has 10 nitrogen and oxygen atoms in total. The largest absolute Gasteiger partial charge is 0.416 e. The van der Waals surface area contributed by atoms with E-state index in [0.717, 1.165) is 31.8 Å². The summed E-state index contributed by atoms with van der Waals surface area (Å²) in [5.41, 5.74) is -0.673. The van der Waals surface area contributed by atoms with E-state index in [0.29, 0.717) is 26.2 Å². The summed E-state index contributed by atoms with van der Waals surface area (Å²) >= 11 is 0. The molecule has 0 spiro atoms. The summed E-state index contributed by atoms with van der Waals surface area (Å²) in [6.45, 7) is 4.23. The summed E-state index contributed by atoms with van der Waals surface area (Å²) in [6, 6.07) is 10.1. The second-order valence-corrected chi connectivity index (χ2v) is 8.75. The minimum absolute atomic E-state index is 0.00924. The number of nitro groups is 1. The first kappa shape index (κ1) is 27.2. The summed E-state index contributed by atoms with van der Waals surface area (Å²) in [5.74, 6) is -0.217. The van der Waals surface area contributed by atoms with E-state index >= 15 is 0 Å². The van der Waals surface area contributed by atoms with E-state index in [1.54, 1.807) is 4.90 Å². The van der Waals surface area contributed by atoms with E-state index in [1.165, 1.54) is 36.4 Å². The van der Waals surface area contributed by atoms with Crippen LogP contribution in [0.1, 0.15) is 28.2 Å². The van der Waals surface area contributed by atoms with E-state index in [9.17, 15) is 28.1 Å². The number of carbonyl (C=O) groups excluding carboxylic acids is 1. The van der Waals surface area contributed by atoms with Crippen LogP contribution >= 0.6 is 0 Å². The highest BCUT2D eigenvalue weighted by Gasteiger charge is 2.31. The molecule has 13 heteroatoms. The number of ether oxygens (including phenoxy) is 1. The van der Waals surface area contributed by atoms with Crippen LogP contribution in [0.2, 0.25) is 0 Å². The zero-order chi connectivity index (χ0) is 27.1. The molecule has 3 aromatic rings. The molecule has 38 heavy (non-hydrogen) atoms. The molecule has 0 atom stereocenters. The van der Waals surface area contributed by atoms with Crippen molar-refractivity contribution in [2.45, 2.75) is 19.0 Å². The molecule has 1 saturated heterocycles. The first-order valence-electron chi connectivity index (χ1n) is 12.0. The van der Waals surface area contributed by atoms with Crippen LogP contribution < -0.4 is 0 Å². The number of nitro benzene ring substituents is 1. The normalized spacial score (nSPS) is 14.4. The second kappa shape index (κ2) is 12.1. The number of hydrogen-bond acceptors (Lipinski definition) is 8. The minimum Gasteiger partial charge on any atom is -0.379 e. The third kappa shape index (κ3) is 7.13. The van der Waals surface area contributed by atoms with Crippen molar-refractivity contribution in [3.05, 3.63) is 75.7 Å². The van der Waals surface area contributed by atoms with Gasteiger partial charge in [-0.15, -0.1) is 0 Å². The number of amides is 1. The molecule has 202 valence electrons. The molecule has 1 aliphatic rings. The number of morpholine rings is 1. The molecular formula is C25H26F3N5O5. The van der Waals surface area contributed by atoms with Gasteiger partial charge in [-0.25, -0.2) is 0 Å². The Morgan fingerprint density at radius 2 is 1.87 bits per heavy atom. The average molecular weight is 534 g/mol. The van der Waals surface area contributed by atoms with Crippen LogP contribution in [0, 0.1) is 10.1 Å². The van der Waals surface area contributed by atoms with Crippen LogP contribution in [0.3, 0.4) is 0 Å². The minimum atomic E-state index is -4.50. The molecule has 1 aliphatic heterocycles. The maximum Gasteiger partial charge on any atom is 0.416 e. The molecule has 4 rings (SSSR count). The van der Waals surface area contributed by atoms with Gasteiger partial charge in [0.15, 0.2) is 0 Å². The lowest BCUT2D eigenvalue weighted by Crippen LogP contribution is -2.39. The van der Waals surface area contributed by atoms with Gasteiger partial charge in [0.1, 0.15) is 0 Å². The highest BCUT2D eigenvalue weighted by atomic mass is 19.4. The Balaban J connectivity index is 1.45. The Morgan fingerprint density at radius 1 is 1.11 bits per heavy atom. The van der Waals surface area contributed by atoms with Crippen molar-refractivity contribution in [2.75, 3.05) is 45.9 Å². The lowest BCUT2D eigenvalue weighted by atomic mass is 10.1. The highest BCUT2D eigenvalue weighted by Crippen LogP contribution is 2.31. The van der Waals surface area contributed by atoms with Crippen molar-refractivity contribution in [3.63, 3.8) is 0 Å². The van der Waals surface area contributed by atoms with Gasteiger partial charge in [0, 0.05) is 62.4 Å². The number of nitrogens with zero attached hydrogens (tertiary/aromatic N) is 5. The Morgan fingerprint density at radius 3 is 2.61 bits per heavy atom. The van der Waals surface area contributed by atoms with Crippen LogP contribution in [0.4, 0.5) is 18.9 Å². The van der Waals surface area contributed by atoms with E-state index < -0.39 is 16.7 Å². The highest BCUT2D eigenvalue weighted by molar-refractivity contribution is 5.94. The fourth-order valence-corrected chi connectivity index (χ4v) is 4.10. The summed E-state index contributed by atoms with van der Waals surface area (Å²) in [6.07, 6.45) is -3.68. The van der Waals surface area contributed by atoms with E-state index in [4.69, 9.17) is 9.26 Å². The van der Waals surface area contributed by atoms with Crippen molar-refractivity contribution >= 4 is 11.6 Å². The van der Waals surface area contributed by atoms with Crippen LogP contribution in [0.25, 0.3) is 11.4 Å². The molecule has 0 N–H and O–H groups in total. The monoisotopic (exact) mass is 533 g/mol. The third-order valence-electron chi connectivity index (χ3n) is 6.11. The van der Waals surface area contributed by atoms with Crippen molar-refractivity contribution in [2.24, 2.45) is 0 Å². The van der Waals surface area contributed by atoms with Crippen molar-refractivity contribution in [3.8, 4) is 11.4 Å². The molecule has 1 aromatic heterocycles. The van der Waals surface area contributed by atoms with Crippen LogP contribution in [-0.2, 0) is 17.3 Å². The summed E-state index contributed by atoms with van der Waals surface area (Å²) in [7, 11) is 0. The summed E-state index contributed by atoms with van der Waals surface area (Å²) < 4.78 is 49.8. The van der Waals surface area contributed by atoms with Gasteiger partial charge in [-0.1, -0.05) is 23.4 Å². The third-order valence-corrected chi connectivity index (χ3v) is 6.11. The SMILES string of the molecule is O=C(c1cccc([N+](=O)[O-])c1)N(CCCN1CCOCC1)CCc1nc(-c2cccc(C(F)(F)F)c2)no1. The first-order valence-corrected chi connectivity index (χ1v) is 12.0. The Hall–Kier alpha value is -3.84. The first-order chi connectivity index (χ1) is 18.2. The van der Waals surface area contributed by atoms with Crippen molar-refractivity contribution in [1.29, 1.82) is 0 Å². The molecule has 2 aromatic carbocycles. The van der Waals surface area contributed by atoms with Crippen molar-refractivity contribution in [1.82, 2.24) is 19.9 Å². The Labute approximate surface area is 216 Å². The number of hydrogen-bond donors (Lipinski definition) is 0. The zero-order valence-electron chi connectivity index (χ0n) is 20.4. The fourth-order valence-electron chi connectivity index (χ4n) is 4.10. The van der Waals surface area contributed by atoms with E-state index in [1.807, 2.05) is 0 Å². The predicted molar refractivity (Wildman–Crippen MR) is 129 cm³/mol. The molecular weight excluding hydrogens is 507 g/mol. The van der Waals surface area contributed by atoms with Gasteiger partial charge in [0.25, 0.3) is 11.6 Å². The molecule has 0 unspecified atom stereocenters. The van der Waals surface area contributed by atoms with E-state index in [-0.39, 0.29) is 47.4 Å². The lowest BCUT2D eigenvalue weighted by molar-refractivity contribution is -0.384. The predicted octanol–water partition coefficient (Wildman–Crippen LogP) is 4.07. The zero-order valence-corrected chi connectivity index (χ0v) is 20.4. The standard InChI is InChI=1S/C25H26F3N5O5/c26-25(27,28)20-6-1-4-18(16-20)23-29-22(38-30-23)8-11-32(10-3-9-31-12-14-37-15-13-31)24(34)19-5-2-7-21(17-19)33(35)36/h1-2,4-7,16-17H,3,8-15H2. The molecule has 1 amide bonds. The van der Waals surface area contributed by atoms with Gasteiger partial charge < -0.3 is 14.2 Å². The topological polar surface area (TPSA) is 115 Å². The number of aromatic nitrogens is 2. The number of alkyl halides is 3. The van der Waals surface area contributed by atoms with Gasteiger partial charge in [-0.2, -0.15) is 18.2 Å². The molecule has 1 fully saturated rings. The second-order valence-electron chi connectivity index (χ2n) is 8.75. The number of halogens is 3. The number of rotatable bonds is 10. The molecule has 2 heterocycles. The quantitative estimate of drug-likeness (QED) is 0.283. The number of benzene rings is 2. The Bertz CT molecular complexity index is 1260. The summed E-state index contributed by atoms with van der Waals surface area (Å²) in [5, 5.41) is 15.0. The van der Waals surface area contributed by atoms with Crippen LogP contribution in [0.5, 0.6) is 0 Å². The number of non-ortho nitro benzene ring substituents is 1. The molecule has 0 aliphatic carbocycles. The lowest BCUT2D eigenvalue weighted by Gasteiger charge is -2.28. The fraction of sp³-hybridized carbons (Fsp3) is 0.400. The van der Waals surface area contributed by atoms with Crippen LogP contribution in [-0.4, -0.2) is 76.7 Å². The van der Waals surface area contributed by atoms with E-state index in [2.05, 4.69) is 15.0 Å². The smallest absolute Gasteiger partial charge is 0.379 e. The molecule has 0 saturated carbocycles. The maximum absolute atomic E-state index is 13.3. The molecule has 0 bridgehead atoms. The summed E-state index contributed by atoms with van der Waals surface area (Å²) in [4.78, 5) is 31.9. The average Bonchev–Trinajstić information content (AvgIpc) is 3.39. The maximum atomic E-state index is 13.3. The van der Waals surface area contributed by atoms with Gasteiger partial charge in [-0.3, -0.25) is 19.8 Å². The van der Waals surface area contributed by atoms with Gasteiger partial charge in [0.2, 0.25) is 11.7 Å². The van der Waals surface area contributed by atoms with Gasteiger partial charge in [-0.05, 0) is 24.6 Å². The van der Waals surface area contributed by atoms with Gasteiger partial charge in [0.05, 0.1) is 23.7 Å². The van der Waals surface area contributed by atoms with Crippen molar-refractivity contribution < 1.29 is 32.1 Å². The molecule has 0 radical (unpaired) electrons. The van der Waals surface area contributed by atoms with Crippen LogP contribution in [0.15, 0.2) is 53.1 Å².